The van der Waals surface area contributed by atoms with E-state index in [-0.39, 0.29) is 5.02 Å². The quantitative estimate of drug-likeness (QED) is 0.899. The Bertz CT molecular complexity index is 577. The van der Waals surface area contributed by atoms with Gasteiger partial charge in [-0.05, 0) is 30.3 Å². The molecule has 0 saturated carbocycles. The van der Waals surface area contributed by atoms with Crippen molar-refractivity contribution in [3.05, 3.63) is 57.3 Å². The molecule has 0 atom stereocenters. The largest absolute Gasteiger partial charge is 0.455 e. The topological polar surface area (TPSA) is 35.2 Å². The zero-order valence-electron chi connectivity index (χ0n) is 9.29. The van der Waals surface area contributed by atoms with Crippen LogP contribution in [0.1, 0.15) is 5.56 Å². The summed E-state index contributed by atoms with van der Waals surface area (Å²) in [5.41, 5.74) is 6.50. The molecule has 5 heteroatoms. The third-order valence-corrected chi connectivity index (χ3v) is 3.43. The molecule has 94 valence electrons. The molecule has 2 aromatic carbocycles. The van der Waals surface area contributed by atoms with Gasteiger partial charge < -0.3 is 10.5 Å². The Morgan fingerprint density at radius 3 is 2.67 bits per heavy atom. The summed E-state index contributed by atoms with van der Waals surface area (Å²) < 4.78 is 19.4. The number of ether oxygens (including phenoxy) is 1. The fraction of sp³-hybridized carbons (Fsp3) is 0.0769. The van der Waals surface area contributed by atoms with E-state index in [0.717, 1.165) is 10.0 Å². The van der Waals surface area contributed by atoms with E-state index >= 15 is 0 Å². The first-order valence-electron chi connectivity index (χ1n) is 5.22. The molecule has 0 amide bonds. The third-order valence-electron chi connectivity index (χ3n) is 2.39. The van der Waals surface area contributed by atoms with Gasteiger partial charge in [-0.2, -0.15) is 0 Å². The van der Waals surface area contributed by atoms with Crippen LogP contribution >= 0.6 is 27.5 Å². The summed E-state index contributed by atoms with van der Waals surface area (Å²) in [6, 6.07) is 9.47. The maximum absolute atomic E-state index is 12.9. The number of hydrogen-bond donors (Lipinski definition) is 1. The van der Waals surface area contributed by atoms with Gasteiger partial charge in [0.25, 0.3) is 0 Å². The molecule has 0 saturated heterocycles. The van der Waals surface area contributed by atoms with E-state index in [9.17, 15) is 4.39 Å². The van der Waals surface area contributed by atoms with Crippen LogP contribution in [0.4, 0.5) is 4.39 Å². The third kappa shape index (κ3) is 2.83. The monoisotopic (exact) mass is 329 g/mol. The van der Waals surface area contributed by atoms with Gasteiger partial charge in [0.1, 0.15) is 17.3 Å². The van der Waals surface area contributed by atoms with Gasteiger partial charge in [0.2, 0.25) is 0 Å². The molecule has 0 radical (unpaired) electrons. The predicted molar refractivity (Wildman–Crippen MR) is 73.5 cm³/mol. The Morgan fingerprint density at radius 2 is 2.00 bits per heavy atom. The SMILES string of the molecule is NCc1c(Br)cccc1Oc1ccc(F)cc1Cl. The zero-order chi connectivity index (χ0) is 13.1. The first-order chi connectivity index (χ1) is 8.61. The van der Waals surface area contributed by atoms with Crippen LogP contribution < -0.4 is 10.5 Å². The van der Waals surface area contributed by atoms with Gasteiger partial charge in [0.05, 0.1) is 5.02 Å². The molecule has 2 N–H and O–H groups in total. The van der Waals surface area contributed by atoms with Crippen molar-refractivity contribution in [1.29, 1.82) is 0 Å². The lowest BCUT2D eigenvalue weighted by molar-refractivity contribution is 0.474. The number of benzene rings is 2. The molecule has 0 aliphatic rings. The predicted octanol–water partition coefficient (Wildman–Crippen LogP) is 4.49. The second kappa shape index (κ2) is 5.69. The molecule has 2 nitrogen and oxygen atoms in total. The van der Waals surface area contributed by atoms with E-state index in [2.05, 4.69) is 15.9 Å². The Hall–Kier alpha value is -1.10. The van der Waals surface area contributed by atoms with Gasteiger partial charge in [0, 0.05) is 16.6 Å². The first kappa shape index (κ1) is 13.3. The van der Waals surface area contributed by atoms with E-state index in [4.69, 9.17) is 22.1 Å². The molecule has 0 spiro atoms. The van der Waals surface area contributed by atoms with Crippen LogP contribution in [0.5, 0.6) is 11.5 Å². The molecule has 0 aliphatic heterocycles. The smallest absolute Gasteiger partial charge is 0.146 e. The summed E-state index contributed by atoms with van der Waals surface area (Å²) >= 11 is 9.30. The highest BCUT2D eigenvalue weighted by molar-refractivity contribution is 9.10. The van der Waals surface area contributed by atoms with Crippen molar-refractivity contribution in [1.82, 2.24) is 0 Å². The van der Waals surface area contributed by atoms with Gasteiger partial charge in [-0.3, -0.25) is 0 Å². The van der Waals surface area contributed by atoms with Crippen molar-refractivity contribution < 1.29 is 9.13 Å². The van der Waals surface area contributed by atoms with Crippen molar-refractivity contribution in [3.63, 3.8) is 0 Å². The average Bonchev–Trinajstić information content (AvgIpc) is 2.33. The Balaban J connectivity index is 2.37. The molecule has 0 fully saturated rings. The lowest BCUT2D eigenvalue weighted by Crippen LogP contribution is -2.00. The number of nitrogens with two attached hydrogens (primary N) is 1. The van der Waals surface area contributed by atoms with Crippen LogP contribution in [-0.4, -0.2) is 0 Å². The molecular formula is C13H10BrClFNO. The molecule has 18 heavy (non-hydrogen) atoms. The second-order valence-corrected chi connectivity index (χ2v) is 4.86. The van der Waals surface area contributed by atoms with Crippen LogP contribution in [0, 0.1) is 5.82 Å². The lowest BCUT2D eigenvalue weighted by atomic mass is 10.2. The van der Waals surface area contributed by atoms with Crippen molar-refractivity contribution in [2.45, 2.75) is 6.54 Å². The van der Waals surface area contributed by atoms with Gasteiger partial charge in [-0.25, -0.2) is 4.39 Å². The molecule has 0 heterocycles. The highest BCUT2D eigenvalue weighted by atomic mass is 79.9. The Morgan fingerprint density at radius 1 is 1.22 bits per heavy atom. The van der Waals surface area contributed by atoms with Crippen molar-refractivity contribution in [2.24, 2.45) is 5.73 Å². The molecule has 2 aromatic rings. The number of halogens is 3. The minimum atomic E-state index is -0.402. The van der Waals surface area contributed by atoms with Gasteiger partial charge >= 0.3 is 0 Å². The van der Waals surface area contributed by atoms with Crippen LogP contribution in [0.15, 0.2) is 40.9 Å². The maximum atomic E-state index is 12.9. The fourth-order valence-corrected chi connectivity index (χ4v) is 2.22. The first-order valence-corrected chi connectivity index (χ1v) is 6.39. The van der Waals surface area contributed by atoms with E-state index in [1.807, 2.05) is 12.1 Å². The zero-order valence-corrected chi connectivity index (χ0v) is 11.6. The van der Waals surface area contributed by atoms with E-state index in [0.29, 0.717) is 18.0 Å². The Labute approximate surface area is 118 Å². The minimum absolute atomic E-state index is 0.220. The van der Waals surface area contributed by atoms with Crippen molar-refractivity contribution >= 4 is 27.5 Å². The number of hydrogen-bond acceptors (Lipinski definition) is 2. The summed E-state index contributed by atoms with van der Waals surface area (Å²) in [6.07, 6.45) is 0. The van der Waals surface area contributed by atoms with Crippen LogP contribution in [-0.2, 0) is 6.54 Å². The normalized spacial score (nSPS) is 10.4. The molecule has 0 aromatic heterocycles. The summed E-state index contributed by atoms with van der Waals surface area (Å²) in [5.74, 6) is 0.590. The van der Waals surface area contributed by atoms with Crippen LogP contribution in [0.2, 0.25) is 5.02 Å². The van der Waals surface area contributed by atoms with E-state index < -0.39 is 5.82 Å². The second-order valence-electron chi connectivity index (χ2n) is 3.60. The lowest BCUT2D eigenvalue weighted by Gasteiger charge is -2.12. The summed E-state index contributed by atoms with van der Waals surface area (Å²) in [5, 5.41) is 0.220. The average molecular weight is 331 g/mol. The minimum Gasteiger partial charge on any atom is -0.455 e. The highest BCUT2D eigenvalue weighted by Gasteiger charge is 2.09. The van der Waals surface area contributed by atoms with Crippen LogP contribution in [0.3, 0.4) is 0 Å². The van der Waals surface area contributed by atoms with E-state index in [1.54, 1.807) is 6.07 Å². The Kier molecular flexibility index (Phi) is 4.22. The molecule has 0 unspecified atom stereocenters. The highest BCUT2D eigenvalue weighted by Crippen LogP contribution is 2.34. The maximum Gasteiger partial charge on any atom is 0.146 e. The standard InChI is InChI=1S/C13H10BrClFNO/c14-10-2-1-3-12(9(10)7-17)18-13-5-4-8(16)6-11(13)15/h1-6H,7,17H2. The van der Waals surface area contributed by atoms with Gasteiger partial charge in [-0.1, -0.05) is 33.6 Å². The van der Waals surface area contributed by atoms with Gasteiger partial charge in [-0.15, -0.1) is 0 Å². The van der Waals surface area contributed by atoms with Crippen molar-refractivity contribution in [2.75, 3.05) is 0 Å². The van der Waals surface area contributed by atoms with Crippen molar-refractivity contribution in [3.8, 4) is 11.5 Å². The number of rotatable bonds is 3. The van der Waals surface area contributed by atoms with Crippen LogP contribution in [0.25, 0.3) is 0 Å². The molecule has 0 bridgehead atoms. The summed E-state index contributed by atoms with van der Waals surface area (Å²) in [6.45, 7) is 0.329. The summed E-state index contributed by atoms with van der Waals surface area (Å²) in [4.78, 5) is 0. The van der Waals surface area contributed by atoms with E-state index in [1.165, 1.54) is 18.2 Å². The molecular weight excluding hydrogens is 321 g/mol. The van der Waals surface area contributed by atoms with Gasteiger partial charge in [0.15, 0.2) is 0 Å². The summed E-state index contributed by atoms with van der Waals surface area (Å²) in [7, 11) is 0. The molecule has 0 aliphatic carbocycles. The fourth-order valence-electron chi connectivity index (χ4n) is 1.51. The molecule has 2 rings (SSSR count).